The Morgan fingerprint density at radius 2 is 1.96 bits per heavy atom. The van der Waals surface area contributed by atoms with Gasteiger partial charge in [-0.15, -0.1) is 11.3 Å². The largest absolute Gasteiger partial charge is 0.468 e. The van der Waals surface area contributed by atoms with Gasteiger partial charge in [0.05, 0.1) is 12.8 Å². The first-order chi connectivity index (χ1) is 13.6. The highest BCUT2D eigenvalue weighted by molar-refractivity contribution is 7.09. The van der Waals surface area contributed by atoms with Gasteiger partial charge in [-0.25, -0.2) is 4.98 Å². The normalized spacial score (nSPS) is 16.8. The first kappa shape index (κ1) is 18.9. The number of rotatable bonds is 5. The number of amides is 1. The van der Waals surface area contributed by atoms with E-state index in [2.05, 4.69) is 10.3 Å². The number of nitrogens with zero attached hydrogens (tertiary/aromatic N) is 3. The molecule has 1 aromatic carbocycles. The standard InChI is InChI=1S/C22H25N3O2S/c1-17-16-28-21(23-17)22(25(18(2)26)19-7-4-3-5-8-19)10-12-24(13-11-22)15-20-9-6-14-27-20/h3-9,14,16H,10-13,15H2,1-2H3. The van der Waals surface area contributed by atoms with Crippen molar-refractivity contribution in [3.63, 3.8) is 0 Å². The van der Waals surface area contributed by atoms with Crippen LogP contribution in [0.3, 0.4) is 0 Å². The SMILES string of the molecule is CC(=O)N(c1ccccc1)C1(c2nc(C)cs2)CCN(Cc2ccco2)CC1. The molecule has 1 aliphatic heterocycles. The third kappa shape index (κ3) is 3.62. The predicted octanol–water partition coefficient (Wildman–Crippen LogP) is 4.59. The van der Waals surface area contributed by atoms with Gasteiger partial charge in [-0.2, -0.15) is 0 Å². The van der Waals surface area contributed by atoms with Crippen molar-refractivity contribution in [3.05, 3.63) is 70.6 Å². The van der Waals surface area contributed by atoms with Crippen molar-refractivity contribution in [2.45, 2.75) is 38.8 Å². The lowest BCUT2D eigenvalue weighted by Crippen LogP contribution is -2.55. The van der Waals surface area contributed by atoms with E-state index in [0.29, 0.717) is 0 Å². The van der Waals surface area contributed by atoms with E-state index in [-0.39, 0.29) is 5.91 Å². The van der Waals surface area contributed by atoms with Crippen molar-refractivity contribution in [2.24, 2.45) is 0 Å². The Labute approximate surface area is 169 Å². The molecule has 5 nitrogen and oxygen atoms in total. The minimum Gasteiger partial charge on any atom is -0.468 e. The first-order valence-corrected chi connectivity index (χ1v) is 10.5. The summed E-state index contributed by atoms with van der Waals surface area (Å²) in [5.74, 6) is 1.03. The number of aromatic nitrogens is 1. The van der Waals surface area contributed by atoms with E-state index in [4.69, 9.17) is 9.40 Å². The van der Waals surface area contributed by atoms with Crippen molar-refractivity contribution in [3.8, 4) is 0 Å². The Morgan fingerprint density at radius 1 is 1.21 bits per heavy atom. The molecule has 0 radical (unpaired) electrons. The maximum absolute atomic E-state index is 12.8. The van der Waals surface area contributed by atoms with Crippen LogP contribution in [0.2, 0.25) is 0 Å². The minimum atomic E-state index is -0.411. The molecule has 2 aromatic heterocycles. The number of carbonyl (C=O) groups excluding carboxylic acids is 1. The zero-order valence-electron chi connectivity index (χ0n) is 16.3. The summed E-state index contributed by atoms with van der Waals surface area (Å²) in [5, 5.41) is 3.11. The Balaban J connectivity index is 1.67. The molecule has 1 aliphatic rings. The molecule has 0 unspecified atom stereocenters. The molecule has 28 heavy (non-hydrogen) atoms. The van der Waals surface area contributed by atoms with Gasteiger partial charge in [0.15, 0.2) is 0 Å². The maximum Gasteiger partial charge on any atom is 0.224 e. The van der Waals surface area contributed by atoms with Crippen LogP contribution >= 0.6 is 11.3 Å². The van der Waals surface area contributed by atoms with Crippen molar-refractivity contribution in [1.82, 2.24) is 9.88 Å². The first-order valence-electron chi connectivity index (χ1n) is 9.62. The lowest BCUT2D eigenvalue weighted by Gasteiger charge is -2.47. The summed E-state index contributed by atoms with van der Waals surface area (Å²) in [6.07, 6.45) is 3.40. The third-order valence-corrected chi connectivity index (χ3v) is 6.57. The van der Waals surface area contributed by atoms with Gasteiger partial charge in [0.2, 0.25) is 5.91 Å². The Kier molecular flexibility index (Phi) is 5.33. The highest BCUT2D eigenvalue weighted by atomic mass is 32.1. The number of hydrogen-bond acceptors (Lipinski definition) is 5. The molecule has 0 spiro atoms. The van der Waals surface area contributed by atoms with Gasteiger partial charge in [0.25, 0.3) is 0 Å². The van der Waals surface area contributed by atoms with Gasteiger partial charge in [-0.1, -0.05) is 18.2 Å². The number of hydrogen-bond donors (Lipinski definition) is 0. The summed E-state index contributed by atoms with van der Waals surface area (Å²) in [6.45, 7) is 6.24. The van der Waals surface area contributed by atoms with Crippen molar-refractivity contribution >= 4 is 22.9 Å². The monoisotopic (exact) mass is 395 g/mol. The van der Waals surface area contributed by atoms with Crippen LogP contribution < -0.4 is 4.90 Å². The fraction of sp³-hybridized carbons (Fsp3) is 0.364. The number of aryl methyl sites for hydroxylation is 1. The molecule has 0 N–H and O–H groups in total. The van der Waals surface area contributed by atoms with Crippen molar-refractivity contribution in [1.29, 1.82) is 0 Å². The Bertz CT molecular complexity index is 912. The summed E-state index contributed by atoms with van der Waals surface area (Å²) in [5.41, 5.74) is 1.53. The highest BCUT2D eigenvalue weighted by Gasteiger charge is 2.45. The topological polar surface area (TPSA) is 49.6 Å². The highest BCUT2D eigenvalue weighted by Crippen LogP contribution is 2.43. The van der Waals surface area contributed by atoms with Crippen LogP contribution in [0.5, 0.6) is 0 Å². The average Bonchev–Trinajstić information content (AvgIpc) is 3.36. The fourth-order valence-corrected chi connectivity index (χ4v) is 5.16. The molecule has 3 aromatic rings. The van der Waals surface area contributed by atoms with Crippen LogP contribution in [0.1, 0.15) is 36.2 Å². The van der Waals surface area contributed by atoms with E-state index in [1.165, 1.54) is 0 Å². The molecule has 0 aliphatic carbocycles. The number of thiazole rings is 1. The van der Waals surface area contributed by atoms with Gasteiger partial charge in [0, 0.05) is 36.8 Å². The van der Waals surface area contributed by atoms with Crippen LogP contribution in [-0.4, -0.2) is 28.9 Å². The zero-order valence-corrected chi connectivity index (χ0v) is 17.1. The van der Waals surface area contributed by atoms with Crippen molar-refractivity contribution in [2.75, 3.05) is 18.0 Å². The van der Waals surface area contributed by atoms with E-state index in [1.807, 2.05) is 54.3 Å². The van der Waals surface area contributed by atoms with E-state index < -0.39 is 5.54 Å². The number of carbonyl (C=O) groups is 1. The third-order valence-electron chi connectivity index (χ3n) is 5.42. The van der Waals surface area contributed by atoms with E-state index in [0.717, 1.165) is 54.6 Å². The van der Waals surface area contributed by atoms with Crippen LogP contribution in [-0.2, 0) is 16.9 Å². The second-order valence-corrected chi connectivity index (χ2v) is 8.23. The summed E-state index contributed by atoms with van der Waals surface area (Å²) in [4.78, 5) is 22.0. The number of para-hydroxylation sites is 1. The fourth-order valence-electron chi connectivity index (χ4n) is 4.11. The van der Waals surface area contributed by atoms with E-state index in [9.17, 15) is 4.79 Å². The number of benzene rings is 1. The van der Waals surface area contributed by atoms with Crippen LogP contribution in [0, 0.1) is 6.92 Å². The minimum absolute atomic E-state index is 0.0542. The molecule has 1 saturated heterocycles. The molecule has 4 rings (SSSR count). The maximum atomic E-state index is 12.8. The smallest absolute Gasteiger partial charge is 0.224 e. The summed E-state index contributed by atoms with van der Waals surface area (Å²) < 4.78 is 5.51. The van der Waals surface area contributed by atoms with Crippen LogP contribution in [0.15, 0.2) is 58.5 Å². The molecular formula is C22H25N3O2S. The number of likely N-dealkylation sites (tertiary alicyclic amines) is 1. The second-order valence-electron chi connectivity index (χ2n) is 7.37. The van der Waals surface area contributed by atoms with Gasteiger partial charge in [-0.3, -0.25) is 14.6 Å². The predicted molar refractivity (Wildman–Crippen MR) is 111 cm³/mol. The number of furan rings is 1. The summed E-state index contributed by atoms with van der Waals surface area (Å²) in [6, 6.07) is 13.9. The van der Waals surface area contributed by atoms with Crippen LogP contribution in [0.4, 0.5) is 5.69 Å². The van der Waals surface area contributed by atoms with Crippen molar-refractivity contribution < 1.29 is 9.21 Å². The van der Waals surface area contributed by atoms with E-state index >= 15 is 0 Å². The molecular weight excluding hydrogens is 370 g/mol. The second kappa shape index (κ2) is 7.89. The van der Waals surface area contributed by atoms with Gasteiger partial charge >= 0.3 is 0 Å². The molecule has 1 amide bonds. The molecule has 3 heterocycles. The Hall–Kier alpha value is -2.44. The number of anilines is 1. The average molecular weight is 396 g/mol. The molecule has 0 saturated carbocycles. The molecule has 6 heteroatoms. The van der Waals surface area contributed by atoms with Gasteiger partial charge in [-0.05, 0) is 44.0 Å². The summed E-state index contributed by atoms with van der Waals surface area (Å²) >= 11 is 1.66. The lowest BCUT2D eigenvalue weighted by molar-refractivity contribution is -0.118. The number of piperidine rings is 1. The molecule has 0 bridgehead atoms. The molecule has 1 fully saturated rings. The zero-order chi connectivity index (χ0) is 19.6. The van der Waals surface area contributed by atoms with Gasteiger partial charge in [0.1, 0.15) is 16.3 Å². The summed E-state index contributed by atoms with van der Waals surface area (Å²) in [7, 11) is 0. The lowest BCUT2D eigenvalue weighted by atomic mass is 9.85. The molecule has 0 atom stereocenters. The van der Waals surface area contributed by atoms with Gasteiger partial charge < -0.3 is 4.42 Å². The van der Waals surface area contributed by atoms with Crippen LogP contribution in [0.25, 0.3) is 0 Å². The Morgan fingerprint density at radius 3 is 2.54 bits per heavy atom. The quantitative estimate of drug-likeness (QED) is 0.634. The van der Waals surface area contributed by atoms with E-state index in [1.54, 1.807) is 24.5 Å². The molecule has 146 valence electrons.